The van der Waals surface area contributed by atoms with Crippen molar-refractivity contribution in [3.05, 3.63) is 59.7 Å². The molecule has 1 atom stereocenters. The van der Waals surface area contributed by atoms with Crippen molar-refractivity contribution in [3.8, 4) is 0 Å². The Labute approximate surface area is 147 Å². The first-order chi connectivity index (χ1) is 12.2. The lowest BCUT2D eigenvalue weighted by Crippen LogP contribution is -2.37. The quantitative estimate of drug-likeness (QED) is 0.902. The van der Waals surface area contributed by atoms with Gasteiger partial charge >= 0.3 is 0 Å². The molecule has 128 valence electrons. The first-order valence-corrected chi connectivity index (χ1v) is 8.71. The maximum atomic E-state index is 12.1. The van der Waals surface area contributed by atoms with Gasteiger partial charge in [-0.25, -0.2) is 0 Å². The van der Waals surface area contributed by atoms with Gasteiger partial charge in [0.2, 0.25) is 11.8 Å². The van der Waals surface area contributed by atoms with Crippen LogP contribution in [0.3, 0.4) is 0 Å². The predicted octanol–water partition coefficient (Wildman–Crippen LogP) is 2.47. The monoisotopic (exact) mass is 335 g/mol. The van der Waals surface area contributed by atoms with Crippen molar-refractivity contribution < 1.29 is 9.59 Å². The molecule has 2 amide bonds. The molecule has 2 aliphatic rings. The lowest BCUT2D eigenvalue weighted by molar-refractivity contribution is -0.122. The van der Waals surface area contributed by atoms with Gasteiger partial charge in [-0.05, 0) is 42.2 Å². The van der Waals surface area contributed by atoms with E-state index in [1.807, 2.05) is 24.3 Å². The molecule has 0 spiro atoms. The molecule has 2 aliphatic heterocycles. The highest BCUT2D eigenvalue weighted by Gasteiger charge is 2.27. The maximum Gasteiger partial charge on any atom is 0.246 e. The molecule has 4 rings (SSSR count). The highest BCUT2D eigenvalue weighted by atomic mass is 16.2. The Morgan fingerprint density at radius 1 is 1.12 bits per heavy atom. The second kappa shape index (κ2) is 6.59. The van der Waals surface area contributed by atoms with Crippen LogP contribution in [-0.4, -0.2) is 24.4 Å². The molecule has 0 radical (unpaired) electrons. The number of amides is 2. The van der Waals surface area contributed by atoms with Crippen molar-refractivity contribution in [1.82, 2.24) is 5.32 Å². The molecule has 25 heavy (non-hydrogen) atoms. The Bertz CT molecular complexity index is 801. The van der Waals surface area contributed by atoms with Crippen LogP contribution in [0.15, 0.2) is 48.5 Å². The number of anilines is 2. The molecule has 2 N–H and O–H groups in total. The summed E-state index contributed by atoms with van der Waals surface area (Å²) in [5, 5.41) is 5.56. The van der Waals surface area contributed by atoms with Crippen molar-refractivity contribution in [2.75, 3.05) is 16.8 Å². The third kappa shape index (κ3) is 3.36. The summed E-state index contributed by atoms with van der Waals surface area (Å²) < 4.78 is 0. The largest absolute Gasteiger partial charge is 0.367 e. The molecule has 0 unspecified atom stereocenters. The van der Waals surface area contributed by atoms with Gasteiger partial charge in [0.05, 0.1) is 0 Å². The standard InChI is InChI=1S/C20H21N3O2/c24-19-10-9-17(22-19)20(25)21-16-7-5-14(6-8-16)13-23-12-11-15-3-1-2-4-18(15)23/h1-8,17H,9-13H2,(H,21,25)(H,22,24)/t17-/m0/s1. The number of hydrogen-bond acceptors (Lipinski definition) is 3. The Morgan fingerprint density at radius 2 is 1.92 bits per heavy atom. The summed E-state index contributed by atoms with van der Waals surface area (Å²) in [6.45, 7) is 1.91. The molecular weight excluding hydrogens is 314 g/mol. The fourth-order valence-electron chi connectivity index (χ4n) is 3.52. The smallest absolute Gasteiger partial charge is 0.246 e. The summed E-state index contributed by atoms with van der Waals surface area (Å²) in [6, 6.07) is 16.1. The zero-order chi connectivity index (χ0) is 17.2. The highest BCUT2D eigenvalue weighted by molar-refractivity contribution is 5.98. The van der Waals surface area contributed by atoms with Crippen LogP contribution in [0.4, 0.5) is 11.4 Å². The predicted molar refractivity (Wildman–Crippen MR) is 97.4 cm³/mol. The Hall–Kier alpha value is -2.82. The van der Waals surface area contributed by atoms with Crippen LogP contribution in [0.1, 0.15) is 24.0 Å². The summed E-state index contributed by atoms with van der Waals surface area (Å²) in [5.74, 6) is -0.200. The Balaban J connectivity index is 1.38. The van der Waals surface area contributed by atoms with E-state index < -0.39 is 6.04 Å². The van der Waals surface area contributed by atoms with E-state index in [4.69, 9.17) is 0 Å². The number of nitrogens with zero attached hydrogens (tertiary/aromatic N) is 1. The van der Waals surface area contributed by atoms with Crippen molar-refractivity contribution in [1.29, 1.82) is 0 Å². The lowest BCUT2D eigenvalue weighted by atomic mass is 10.1. The molecule has 2 aromatic carbocycles. The van der Waals surface area contributed by atoms with Crippen LogP contribution in [0.5, 0.6) is 0 Å². The van der Waals surface area contributed by atoms with Gasteiger partial charge in [-0.1, -0.05) is 30.3 Å². The maximum absolute atomic E-state index is 12.1. The summed E-state index contributed by atoms with van der Waals surface area (Å²) in [7, 11) is 0. The van der Waals surface area contributed by atoms with E-state index in [1.54, 1.807) is 0 Å². The van der Waals surface area contributed by atoms with Gasteiger partial charge in [0.15, 0.2) is 0 Å². The van der Waals surface area contributed by atoms with Crippen LogP contribution < -0.4 is 15.5 Å². The SMILES string of the molecule is O=C1CC[C@@H](C(=O)Nc2ccc(CN3CCc4ccccc43)cc2)N1. The van der Waals surface area contributed by atoms with Crippen molar-refractivity contribution >= 4 is 23.2 Å². The Kier molecular flexibility index (Phi) is 4.14. The number of rotatable bonds is 4. The molecule has 5 nitrogen and oxygen atoms in total. The topological polar surface area (TPSA) is 61.4 Å². The van der Waals surface area contributed by atoms with E-state index in [-0.39, 0.29) is 11.8 Å². The lowest BCUT2D eigenvalue weighted by Gasteiger charge is -2.19. The number of para-hydroxylation sites is 1. The first kappa shape index (κ1) is 15.7. The van der Waals surface area contributed by atoms with Gasteiger partial charge in [0, 0.05) is 30.9 Å². The number of carbonyl (C=O) groups is 2. The molecule has 2 aromatic rings. The van der Waals surface area contributed by atoms with Gasteiger partial charge in [-0.2, -0.15) is 0 Å². The molecule has 5 heteroatoms. The number of fused-ring (bicyclic) bond motifs is 1. The summed E-state index contributed by atoms with van der Waals surface area (Å²) in [5.41, 5.74) is 4.70. The summed E-state index contributed by atoms with van der Waals surface area (Å²) in [6.07, 6.45) is 2.09. The van der Waals surface area contributed by atoms with E-state index in [0.29, 0.717) is 12.8 Å². The summed E-state index contributed by atoms with van der Waals surface area (Å²) in [4.78, 5) is 25.7. The molecule has 0 aliphatic carbocycles. The molecule has 1 fully saturated rings. The molecule has 0 saturated carbocycles. The van der Waals surface area contributed by atoms with E-state index in [9.17, 15) is 9.59 Å². The second-order valence-electron chi connectivity index (χ2n) is 6.65. The van der Waals surface area contributed by atoms with Gasteiger partial charge < -0.3 is 15.5 Å². The van der Waals surface area contributed by atoms with Crippen molar-refractivity contribution in [3.63, 3.8) is 0 Å². The second-order valence-corrected chi connectivity index (χ2v) is 6.65. The van der Waals surface area contributed by atoms with E-state index >= 15 is 0 Å². The molecule has 2 heterocycles. The molecule has 1 saturated heterocycles. The zero-order valence-electron chi connectivity index (χ0n) is 14.0. The average molecular weight is 335 g/mol. The van der Waals surface area contributed by atoms with Crippen LogP contribution in [0.2, 0.25) is 0 Å². The van der Waals surface area contributed by atoms with Gasteiger partial charge in [0.25, 0.3) is 0 Å². The third-order valence-electron chi connectivity index (χ3n) is 4.89. The van der Waals surface area contributed by atoms with E-state index in [2.05, 4.69) is 39.8 Å². The van der Waals surface area contributed by atoms with Gasteiger partial charge in [0.1, 0.15) is 6.04 Å². The highest BCUT2D eigenvalue weighted by Crippen LogP contribution is 2.29. The molecular formula is C20H21N3O2. The van der Waals surface area contributed by atoms with E-state index in [0.717, 1.165) is 25.2 Å². The number of benzene rings is 2. The van der Waals surface area contributed by atoms with Crippen molar-refractivity contribution in [2.24, 2.45) is 0 Å². The normalized spacial score (nSPS) is 18.8. The number of hydrogen-bond donors (Lipinski definition) is 2. The number of carbonyl (C=O) groups excluding carboxylic acids is 2. The van der Waals surface area contributed by atoms with Gasteiger partial charge in [-0.15, -0.1) is 0 Å². The minimum absolute atomic E-state index is 0.0543. The van der Waals surface area contributed by atoms with Crippen LogP contribution in [0, 0.1) is 0 Å². The fourth-order valence-corrected chi connectivity index (χ4v) is 3.52. The fraction of sp³-hybridized carbons (Fsp3) is 0.300. The minimum atomic E-state index is -0.409. The van der Waals surface area contributed by atoms with Gasteiger partial charge in [-0.3, -0.25) is 9.59 Å². The first-order valence-electron chi connectivity index (χ1n) is 8.71. The average Bonchev–Trinajstić information content (AvgIpc) is 3.24. The van der Waals surface area contributed by atoms with Crippen LogP contribution >= 0.6 is 0 Å². The van der Waals surface area contributed by atoms with E-state index in [1.165, 1.54) is 16.8 Å². The Morgan fingerprint density at radius 3 is 2.68 bits per heavy atom. The van der Waals surface area contributed by atoms with Crippen LogP contribution in [0.25, 0.3) is 0 Å². The van der Waals surface area contributed by atoms with Crippen molar-refractivity contribution in [2.45, 2.75) is 31.8 Å². The third-order valence-corrected chi connectivity index (χ3v) is 4.89. The summed E-state index contributed by atoms with van der Waals surface area (Å²) >= 11 is 0. The minimum Gasteiger partial charge on any atom is -0.367 e. The zero-order valence-corrected chi connectivity index (χ0v) is 14.0. The number of nitrogens with one attached hydrogen (secondary N) is 2. The molecule has 0 aromatic heterocycles. The van der Waals surface area contributed by atoms with Crippen LogP contribution in [-0.2, 0) is 22.6 Å². The molecule has 0 bridgehead atoms.